The van der Waals surface area contributed by atoms with Crippen molar-refractivity contribution in [3.05, 3.63) is 42.7 Å². The summed E-state index contributed by atoms with van der Waals surface area (Å²) >= 11 is 0. The summed E-state index contributed by atoms with van der Waals surface area (Å²) in [4.78, 5) is 7.83. The SMILES string of the molecule is [B]c1cnc(Oc2ccccc2)nc1. The van der Waals surface area contributed by atoms with Crippen LogP contribution in [0.15, 0.2) is 42.7 Å². The molecule has 4 heteroatoms. The molecular formula is C10H7BN2O. The average Bonchev–Trinajstić information content (AvgIpc) is 2.23. The first-order valence-electron chi connectivity index (χ1n) is 4.15. The molecule has 0 spiro atoms. The first-order chi connectivity index (χ1) is 6.84. The molecule has 14 heavy (non-hydrogen) atoms. The highest BCUT2D eigenvalue weighted by molar-refractivity contribution is 6.31. The Labute approximate surface area is 83.2 Å². The van der Waals surface area contributed by atoms with Crippen LogP contribution in [0.2, 0.25) is 0 Å². The van der Waals surface area contributed by atoms with Gasteiger partial charge in [-0.1, -0.05) is 23.7 Å². The molecule has 2 rings (SSSR count). The quantitative estimate of drug-likeness (QED) is 0.651. The third kappa shape index (κ3) is 2.10. The van der Waals surface area contributed by atoms with Gasteiger partial charge in [0.05, 0.1) is 0 Å². The van der Waals surface area contributed by atoms with Gasteiger partial charge in [0, 0.05) is 12.4 Å². The Morgan fingerprint density at radius 2 is 1.64 bits per heavy atom. The minimum atomic E-state index is 0.297. The first kappa shape index (κ1) is 8.75. The molecule has 0 saturated carbocycles. The van der Waals surface area contributed by atoms with E-state index in [0.29, 0.717) is 17.2 Å². The highest BCUT2D eigenvalue weighted by Crippen LogP contribution is 2.14. The van der Waals surface area contributed by atoms with Gasteiger partial charge in [-0.3, -0.25) is 0 Å². The van der Waals surface area contributed by atoms with E-state index in [0.717, 1.165) is 0 Å². The molecule has 2 radical (unpaired) electrons. The predicted octanol–water partition coefficient (Wildman–Crippen LogP) is 1.06. The monoisotopic (exact) mass is 182 g/mol. The molecule has 1 aromatic carbocycles. The van der Waals surface area contributed by atoms with E-state index in [1.807, 2.05) is 30.3 Å². The summed E-state index contributed by atoms with van der Waals surface area (Å²) in [5.74, 6) is 0.706. The number of hydrogen-bond donors (Lipinski definition) is 0. The van der Waals surface area contributed by atoms with Crippen LogP contribution in [-0.4, -0.2) is 17.8 Å². The molecule has 0 N–H and O–H groups in total. The maximum Gasteiger partial charge on any atom is 0.321 e. The summed E-state index contributed by atoms with van der Waals surface area (Å²) in [6.07, 6.45) is 3.01. The van der Waals surface area contributed by atoms with Gasteiger partial charge in [0.25, 0.3) is 0 Å². The topological polar surface area (TPSA) is 35.0 Å². The van der Waals surface area contributed by atoms with Gasteiger partial charge >= 0.3 is 6.01 Å². The van der Waals surface area contributed by atoms with Gasteiger partial charge in [-0.15, -0.1) is 0 Å². The second kappa shape index (κ2) is 3.92. The molecule has 0 aliphatic carbocycles. The fourth-order valence-electron chi connectivity index (χ4n) is 0.973. The Bertz CT molecular complexity index is 402. The van der Waals surface area contributed by atoms with Crippen molar-refractivity contribution < 1.29 is 4.74 Å². The van der Waals surface area contributed by atoms with Crippen molar-refractivity contribution in [1.29, 1.82) is 0 Å². The van der Waals surface area contributed by atoms with Gasteiger partial charge in [-0.2, -0.15) is 0 Å². The number of ether oxygens (including phenoxy) is 1. The Balaban J connectivity index is 2.16. The van der Waals surface area contributed by atoms with Crippen molar-refractivity contribution >= 4 is 13.3 Å². The van der Waals surface area contributed by atoms with Crippen molar-refractivity contribution in [3.63, 3.8) is 0 Å². The third-order valence-corrected chi connectivity index (χ3v) is 1.60. The summed E-state index contributed by atoms with van der Waals surface area (Å²) < 4.78 is 5.36. The van der Waals surface area contributed by atoms with Crippen molar-refractivity contribution in [2.24, 2.45) is 0 Å². The van der Waals surface area contributed by atoms with E-state index in [-0.39, 0.29) is 0 Å². The Kier molecular flexibility index (Phi) is 2.45. The van der Waals surface area contributed by atoms with Crippen LogP contribution in [0.5, 0.6) is 11.8 Å². The van der Waals surface area contributed by atoms with E-state index in [9.17, 15) is 0 Å². The lowest BCUT2D eigenvalue weighted by atomic mass is 10.0. The van der Waals surface area contributed by atoms with Crippen LogP contribution in [0.3, 0.4) is 0 Å². The molecule has 0 fully saturated rings. The van der Waals surface area contributed by atoms with E-state index in [1.165, 1.54) is 12.4 Å². The fraction of sp³-hybridized carbons (Fsp3) is 0. The van der Waals surface area contributed by atoms with Crippen LogP contribution in [0.1, 0.15) is 0 Å². The molecule has 0 unspecified atom stereocenters. The molecule has 3 nitrogen and oxygen atoms in total. The van der Waals surface area contributed by atoms with Crippen LogP contribution >= 0.6 is 0 Å². The summed E-state index contributed by atoms with van der Waals surface area (Å²) in [5, 5.41) is 0. The second-order valence-electron chi connectivity index (χ2n) is 2.71. The molecule has 1 aromatic heterocycles. The molecule has 1 heterocycles. The second-order valence-corrected chi connectivity index (χ2v) is 2.71. The standard InChI is InChI=1S/C10H7BN2O/c11-8-6-12-10(13-7-8)14-9-4-2-1-3-5-9/h1-7H. The first-order valence-corrected chi connectivity index (χ1v) is 4.15. The highest BCUT2D eigenvalue weighted by Gasteiger charge is 1.97. The zero-order chi connectivity index (χ0) is 9.80. The Morgan fingerprint density at radius 3 is 2.29 bits per heavy atom. The zero-order valence-electron chi connectivity index (χ0n) is 7.42. The summed E-state index contributed by atoms with van der Waals surface area (Å²) in [6, 6.07) is 9.64. The van der Waals surface area contributed by atoms with E-state index >= 15 is 0 Å². The number of benzene rings is 1. The van der Waals surface area contributed by atoms with Crippen molar-refractivity contribution in [1.82, 2.24) is 9.97 Å². The number of aromatic nitrogens is 2. The molecule has 2 aromatic rings. The van der Waals surface area contributed by atoms with Crippen molar-refractivity contribution in [2.45, 2.75) is 0 Å². The normalized spacial score (nSPS) is 9.71. The van der Waals surface area contributed by atoms with Crippen LogP contribution in [0, 0.1) is 0 Å². The summed E-state index contributed by atoms with van der Waals surface area (Å²) in [5.41, 5.74) is 0.519. The smallest absolute Gasteiger partial charge is 0.321 e. The van der Waals surface area contributed by atoms with Gasteiger partial charge in [-0.25, -0.2) is 9.97 Å². The van der Waals surface area contributed by atoms with Gasteiger partial charge in [0.2, 0.25) is 0 Å². The minimum Gasteiger partial charge on any atom is -0.424 e. The maximum absolute atomic E-state index is 5.44. The molecule has 0 bridgehead atoms. The lowest BCUT2D eigenvalue weighted by Gasteiger charge is -2.02. The third-order valence-electron chi connectivity index (χ3n) is 1.60. The number of para-hydroxylation sites is 1. The van der Waals surface area contributed by atoms with Gasteiger partial charge < -0.3 is 4.74 Å². The van der Waals surface area contributed by atoms with Crippen LogP contribution < -0.4 is 10.2 Å². The van der Waals surface area contributed by atoms with Gasteiger partial charge in [0.1, 0.15) is 13.6 Å². The maximum atomic E-state index is 5.44. The van der Waals surface area contributed by atoms with E-state index in [4.69, 9.17) is 12.6 Å². The molecule has 0 aliphatic rings. The molecule has 0 atom stereocenters. The van der Waals surface area contributed by atoms with Crippen molar-refractivity contribution in [2.75, 3.05) is 0 Å². The zero-order valence-corrected chi connectivity index (χ0v) is 7.42. The Hall–Kier alpha value is -1.84. The minimum absolute atomic E-state index is 0.297. The largest absolute Gasteiger partial charge is 0.424 e. The highest BCUT2D eigenvalue weighted by atomic mass is 16.5. The summed E-state index contributed by atoms with van der Waals surface area (Å²) in [6.45, 7) is 0. The fourth-order valence-corrected chi connectivity index (χ4v) is 0.973. The van der Waals surface area contributed by atoms with Crippen molar-refractivity contribution in [3.8, 4) is 11.8 Å². The van der Waals surface area contributed by atoms with Gasteiger partial charge in [0.15, 0.2) is 0 Å². The molecule has 0 aliphatic heterocycles. The number of nitrogens with zero attached hydrogens (tertiary/aromatic N) is 2. The van der Waals surface area contributed by atoms with E-state index in [1.54, 1.807) is 0 Å². The average molecular weight is 182 g/mol. The van der Waals surface area contributed by atoms with Crippen LogP contribution in [0.4, 0.5) is 0 Å². The van der Waals surface area contributed by atoms with E-state index in [2.05, 4.69) is 9.97 Å². The number of rotatable bonds is 2. The lowest BCUT2D eigenvalue weighted by molar-refractivity contribution is 0.442. The van der Waals surface area contributed by atoms with Gasteiger partial charge in [-0.05, 0) is 12.1 Å². The van der Waals surface area contributed by atoms with Crippen LogP contribution in [0.25, 0.3) is 0 Å². The van der Waals surface area contributed by atoms with E-state index < -0.39 is 0 Å². The lowest BCUT2D eigenvalue weighted by Crippen LogP contribution is -2.04. The Morgan fingerprint density at radius 1 is 1.00 bits per heavy atom. The molecule has 66 valence electrons. The summed E-state index contributed by atoms with van der Waals surface area (Å²) in [7, 11) is 5.44. The molecular weight excluding hydrogens is 175 g/mol. The molecule has 0 amide bonds. The number of hydrogen-bond acceptors (Lipinski definition) is 3. The predicted molar refractivity (Wildman–Crippen MR) is 53.9 cm³/mol. The molecule has 0 saturated heterocycles. The van der Waals surface area contributed by atoms with Crippen LogP contribution in [-0.2, 0) is 0 Å².